The van der Waals surface area contributed by atoms with E-state index in [4.69, 9.17) is 0 Å². The van der Waals surface area contributed by atoms with Crippen molar-refractivity contribution in [1.29, 1.82) is 0 Å². The summed E-state index contributed by atoms with van der Waals surface area (Å²) >= 11 is 1.69. The van der Waals surface area contributed by atoms with Gasteiger partial charge in [-0.15, -0.1) is 11.3 Å². The van der Waals surface area contributed by atoms with Gasteiger partial charge in [-0.1, -0.05) is 0 Å². The van der Waals surface area contributed by atoms with Gasteiger partial charge in [0, 0.05) is 25.0 Å². The van der Waals surface area contributed by atoms with Crippen LogP contribution in [0.5, 0.6) is 0 Å². The molecule has 68 valence electrons. The minimum absolute atomic E-state index is 0.887. The fourth-order valence-electron chi connectivity index (χ4n) is 1.26. The lowest BCUT2D eigenvalue weighted by atomic mass is 10.2. The van der Waals surface area contributed by atoms with E-state index < -0.39 is 0 Å². The lowest BCUT2D eigenvalue weighted by Gasteiger charge is -1.90. The van der Waals surface area contributed by atoms with Crippen LogP contribution in [0, 0.1) is 6.92 Å². The molecule has 0 N–H and O–H groups in total. The van der Waals surface area contributed by atoms with Gasteiger partial charge in [-0.05, 0) is 12.5 Å². The molecule has 0 saturated carbocycles. The first-order chi connectivity index (χ1) is 6.24. The van der Waals surface area contributed by atoms with E-state index >= 15 is 0 Å². The smallest absolute Gasteiger partial charge is 0.0897 e. The maximum absolute atomic E-state index is 4.40. The first-order valence-electron chi connectivity index (χ1n) is 4.12. The highest BCUT2D eigenvalue weighted by Gasteiger charge is 2.01. The van der Waals surface area contributed by atoms with Gasteiger partial charge < -0.3 is 0 Å². The Morgan fingerprint density at radius 3 is 2.92 bits per heavy atom. The van der Waals surface area contributed by atoms with Gasteiger partial charge in [-0.25, -0.2) is 4.98 Å². The van der Waals surface area contributed by atoms with Gasteiger partial charge in [-0.2, -0.15) is 5.10 Å². The Balaban J connectivity index is 2.14. The summed E-state index contributed by atoms with van der Waals surface area (Å²) in [6.45, 7) is 2.03. The second kappa shape index (κ2) is 3.30. The van der Waals surface area contributed by atoms with Crippen LogP contribution in [0.2, 0.25) is 0 Å². The van der Waals surface area contributed by atoms with Gasteiger partial charge in [0.2, 0.25) is 0 Å². The van der Waals surface area contributed by atoms with Crippen molar-refractivity contribution in [2.24, 2.45) is 7.05 Å². The molecule has 2 rings (SSSR count). The average Bonchev–Trinajstić information content (AvgIpc) is 2.62. The third kappa shape index (κ3) is 1.95. The first kappa shape index (κ1) is 8.44. The van der Waals surface area contributed by atoms with Crippen LogP contribution < -0.4 is 0 Å². The molecule has 0 saturated heterocycles. The third-order valence-electron chi connectivity index (χ3n) is 1.81. The largest absolute Gasteiger partial charge is 0.276 e. The highest BCUT2D eigenvalue weighted by Crippen LogP contribution is 2.12. The Kier molecular flexibility index (Phi) is 2.14. The van der Waals surface area contributed by atoms with E-state index in [1.165, 1.54) is 5.56 Å². The zero-order valence-corrected chi connectivity index (χ0v) is 8.51. The van der Waals surface area contributed by atoms with Crippen molar-refractivity contribution in [3.8, 4) is 0 Å². The highest BCUT2D eigenvalue weighted by atomic mass is 32.1. The maximum Gasteiger partial charge on any atom is 0.0897 e. The second-order valence-corrected chi connectivity index (χ2v) is 4.12. The molecule has 0 aliphatic rings. The molecule has 2 heterocycles. The van der Waals surface area contributed by atoms with Gasteiger partial charge >= 0.3 is 0 Å². The van der Waals surface area contributed by atoms with Crippen LogP contribution >= 0.6 is 11.3 Å². The fourth-order valence-corrected chi connectivity index (χ4v) is 1.87. The molecule has 0 aliphatic heterocycles. The molecule has 0 atom stereocenters. The molecule has 0 amide bonds. The summed E-state index contributed by atoms with van der Waals surface area (Å²) in [5, 5.41) is 7.34. The summed E-state index contributed by atoms with van der Waals surface area (Å²) in [4.78, 5) is 4.40. The van der Waals surface area contributed by atoms with Crippen LogP contribution in [0.4, 0.5) is 0 Å². The van der Waals surface area contributed by atoms with Crippen LogP contribution in [0.15, 0.2) is 17.8 Å². The van der Waals surface area contributed by atoms with Gasteiger partial charge in [0.25, 0.3) is 0 Å². The van der Waals surface area contributed by atoms with Crippen molar-refractivity contribution in [2.45, 2.75) is 13.3 Å². The standard InChI is InChI=1S/C9H11N3S/c1-7-11-9(6-13-7)3-8-4-10-12(2)5-8/h4-6H,3H2,1-2H3. The molecule has 13 heavy (non-hydrogen) atoms. The Hall–Kier alpha value is -1.16. The predicted octanol–water partition coefficient (Wildman–Crippen LogP) is 1.78. The van der Waals surface area contributed by atoms with E-state index in [0.29, 0.717) is 0 Å². The number of aromatic nitrogens is 3. The van der Waals surface area contributed by atoms with E-state index in [2.05, 4.69) is 15.5 Å². The van der Waals surface area contributed by atoms with Crippen LogP contribution in [0.3, 0.4) is 0 Å². The summed E-state index contributed by atoms with van der Waals surface area (Å²) in [5.74, 6) is 0. The number of nitrogens with zero attached hydrogens (tertiary/aromatic N) is 3. The summed E-state index contributed by atoms with van der Waals surface area (Å²) in [6.07, 6.45) is 4.79. The average molecular weight is 193 g/mol. The molecular formula is C9H11N3S. The van der Waals surface area contributed by atoms with E-state index in [-0.39, 0.29) is 0 Å². The normalized spacial score (nSPS) is 10.6. The number of aryl methyl sites for hydroxylation is 2. The van der Waals surface area contributed by atoms with E-state index in [0.717, 1.165) is 17.1 Å². The summed E-state index contributed by atoms with van der Waals surface area (Å²) in [7, 11) is 1.93. The Labute approximate surface area is 81.1 Å². The molecule has 0 fully saturated rings. The van der Waals surface area contributed by atoms with Crippen molar-refractivity contribution in [2.75, 3.05) is 0 Å². The molecule has 0 unspecified atom stereocenters. The van der Waals surface area contributed by atoms with Gasteiger partial charge in [0.15, 0.2) is 0 Å². The van der Waals surface area contributed by atoms with E-state index in [1.807, 2.05) is 31.0 Å². The maximum atomic E-state index is 4.40. The minimum Gasteiger partial charge on any atom is -0.276 e. The third-order valence-corrected chi connectivity index (χ3v) is 2.63. The van der Waals surface area contributed by atoms with Gasteiger partial charge in [0.05, 0.1) is 16.9 Å². The first-order valence-corrected chi connectivity index (χ1v) is 5.00. The Bertz CT molecular complexity index is 364. The predicted molar refractivity (Wildman–Crippen MR) is 52.9 cm³/mol. The monoisotopic (exact) mass is 193 g/mol. The van der Waals surface area contributed by atoms with Crippen LogP contribution in [0.1, 0.15) is 16.3 Å². The lowest BCUT2D eigenvalue weighted by Crippen LogP contribution is -1.87. The quantitative estimate of drug-likeness (QED) is 0.727. The molecule has 0 bridgehead atoms. The van der Waals surface area contributed by atoms with Crippen LogP contribution in [0.25, 0.3) is 0 Å². The van der Waals surface area contributed by atoms with Gasteiger partial charge in [0.1, 0.15) is 0 Å². The van der Waals surface area contributed by atoms with E-state index in [9.17, 15) is 0 Å². The van der Waals surface area contributed by atoms with Crippen molar-refractivity contribution in [1.82, 2.24) is 14.8 Å². The van der Waals surface area contributed by atoms with Crippen molar-refractivity contribution in [3.05, 3.63) is 34.0 Å². The summed E-state index contributed by atoms with van der Waals surface area (Å²) in [5.41, 5.74) is 2.35. The number of thiazole rings is 1. The fraction of sp³-hybridized carbons (Fsp3) is 0.333. The zero-order valence-electron chi connectivity index (χ0n) is 7.69. The van der Waals surface area contributed by atoms with Crippen molar-refractivity contribution >= 4 is 11.3 Å². The second-order valence-electron chi connectivity index (χ2n) is 3.06. The zero-order chi connectivity index (χ0) is 9.26. The minimum atomic E-state index is 0.887. The molecule has 2 aromatic heterocycles. The van der Waals surface area contributed by atoms with E-state index in [1.54, 1.807) is 11.3 Å². The van der Waals surface area contributed by atoms with Crippen molar-refractivity contribution < 1.29 is 0 Å². The number of rotatable bonds is 2. The molecule has 3 nitrogen and oxygen atoms in total. The van der Waals surface area contributed by atoms with Crippen LogP contribution in [-0.2, 0) is 13.5 Å². The SMILES string of the molecule is Cc1nc(Cc2cnn(C)c2)cs1. The highest BCUT2D eigenvalue weighted by molar-refractivity contribution is 7.09. The molecule has 2 aromatic rings. The van der Waals surface area contributed by atoms with Crippen LogP contribution in [-0.4, -0.2) is 14.8 Å². The molecule has 0 spiro atoms. The Morgan fingerprint density at radius 2 is 2.38 bits per heavy atom. The molecule has 4 heteroatoms. The molecule has 0 aromatic carbocycles. The summed E-state index contributed by atoms with van der Waals surface area (Å²) in [6, 6.07) is 0. The number of hydrogen-bond acceptors (Lipinski definition) is 3. The Morgan fingerprint density at radius 1 is 1.54 bits per heavy atom. The molecule has 0 aliphatic carbocycles. The van der Waals surface area contributed by atoms with Gasteiger partial charge in [-0.3, -0.25) is 4.68 Å². The lowest BCUT2D eigenvalue weighted by molar-refractivity contribution is 0.767. The van der Waals surface area contributed by atoms with Crippen molar-refractivity contribution in [3.63, 3.8) is 0 Å². The topological polar surface area (TPSA) is 30.7 Å². The molecular weight excluding hydrogens is 182 g/mol. The molecule has 0 radical (unpaired) electrons. The number of hydrogen-bond donors (Lipinski definition) is 0. The summed E-state index contributed by atoms with van der Waals surface area (Å²) < 4.78 is 1.81.